The molecule has 0 saturated carbocycles. The number of thioether (sulfide) groups is 1. The molecule has 1 aromatic carbocycles. The first-order valence-corrected chi connectivity index (χ1v) is 13.0. The molecule has 0 amide bonds. The zero-order valence-electron chi connectivity index (χ0n) is 18.6. The van der Waals surface area contributed by atoms with Gasteiger partial charge in [-0.3, -0.25) is 0 Å². The van der Waals surface area contributed by atoms with Crippen molar-refractivity contribution < 1.29 is 0 Å². The highest BCUT2D eigenvalue weighted by Gasteiger charge is 2.26. The number of allylic oxidation sites excluding steroid dienone is 5. The summed E-state index contributed by atoms with van der Waals surface area (Å²) in [5, 5.41) is 4.05. The predicted molar refractivity (Wildman–Crippen MR) is 144 cm³/mol. The maximum Gasteiger partial charge on any atom is 0.199 e. The fourth-order valence-electron chi connectivity index (χ4n) is 4.52. The van der Waals surface area contributed by atoms with E-state index < -0.39 is 0 Å². The SMILES string of the molecule is NC(=NC(=S)Nc1ccc(N2CCC(N3CCCC3)CC2)cc1)SCC1=CCC=CC=C1. The predicted octanol–water partition coefficient (Wildman–Crippen LogP) is 4.94. The summed E-state index contributed by atoms with van der Waals surface area (Å²) in [6, 6.07) is 9.26. The number of nitrogens with zero attached hydrogens (tertiary/aromatic N) is 3. The number of aliphatic imine (C=N–C) groups is 1. The van der Waals surface area contributed by atoms with E-state index in [2.05, 4.69) is 74.8 Å². The van der Waals surface area contributed by atoms with Gasteiger partial charge in [0.15, 0.2) is 10.3 Å². The highest BCUT2D eigenvalue weighted by atomic mass is 32.2. The number of anilines is 2. The highest BCUT2D eigenvalue weighted by Crippen LogP contribution is 2.26. The Labute approximate surface area is 201 Å². The summed E-state index contributed by atoms with van der Waals surface area (Å²) in [4.78, 5) is 9.52. The van der Waals surface area contributed by atoms with Crippen LogP contribution in [0.3, 0.4) is 0 Å². The maximum absolute atomic E-state index is 6.07. The number of thiocarbonyl (C=S) groups is 1. The molecule has 1 aliphatic carbocycles. The van der Waals surface area contributed by atoms with E-state index in [9.17, 15) is 0 Å². The molecule has 5 nitrogen and oxygen atoms in total. The number of piperidine rings is 1. The number of likely N-dealkylation sites (tertiary alicyclic amines) is 1. The van der Waals surface area contributed by atoms with Gasteiger partial charge in [0.2, 0.25) is 0 Å². The van der Waals surface area contributed by atoms with E-state index in [1.165, 1.54) is 61.8 Å². The molecule has 3 N–H and O–H groups in total. The Morgan fingerprint density at radius 2 is 1.84 bits per heavy atom. The molecule has 4 rings (SSSR count). The van der Waals surface area contributed by atoms with Gasteiger partial charge in [-0.1, -0.05) is 42.1 Å². The topological polar surface area (TPSA) is 56.9 Å². The second-order valence-electron chi connectivity index (χ2n) is 8.48. The van der Waals surface area contributed by atoms with Crippen LogP contribution in [0.4, 0.5) is 11.4 Å². The number of hydrogen-bond donors (Lipinski definition) is 2. The maximum atomic E-state index is 6.07. The number of amidine groups is 1. The molecule has 2 fully saturated rings. The van der Waals surface area contributed by atoms with Crippen molar-refractivity contribution in [1.82, 2.24) is 4.90 Å². The van der Waals surface area contributed by atoms with Crippen LogP contribution in [0, 0.1) is 0 Å². The first kappa shape index (κ1) is 23.1. The second kappa shape index (κ2) is 11.7. The van der Waals surface area contributed by atoms with Crippen LogP contribution in [-0.2, 0) is 0 Å². The summed E-state index contributed by atoms with van der Waals surface area (Å²) >= 11 is 6.89. The van der Waals surface area contributed by atoms with Gasteiger partial charge < -0.3 is 20.9 Å². The largest absolute Gasteiger partial charge is 0.378 e. The Balaban J connectivity index is 1.23. The zero-order chi connectivity index (χ0) is 22.2. The number of benzene rings is 1. The average molecular weight is 468 g/mol. The number of hydrogen-bond acceptors (Lipinski definition) is 4. The molecule has 2 aliphatic heterocycles. The van der Waals surface area contributed by atoms with Crippen LogP contribution in [0.2, 0.25) is 0 Å². The standard InChI is InChI=1S/C25H33N5S2/c26-24(32-19-20-7-3-1-2-4-8-20)28-25(31)27-21-9-11-22(12-10-21)30-17-13-23(14-18-30)29-15-5-6-16-29/h1-3,7-12,23H,4-6,13-19H2,(H3,26,27,28,31). The van der Waals surface area contributed by atoms with Gasteiger partial charge in [-0.05, 0) is 87.3 Å². The molecular weight excluding hydrogens is 434 g/mol. The minimum absolute atomic E-state index is 0.390. The molecule has 0 radical (unpaired) electrons. The van der Waals surface area contributed by atoms with Crippen molar-refractivity contribution in [3.05, 3.63) is 60.2 Å². The van der Waals surface area contributed by atoms with E-state index in [4.69, 9.17) is 18.0 Å². The van der Waals surface area contributed by atoms with E-state index in [-0.39, 0.29) is 0 Å². The molecule has 0 bridgehead atoms. The van der Waals surface area contributed by atoms with E-state index >= 15 is 0 Å². The number of nitrogens with one attached hydrogen (secondary N) is 1. The summed E-state index contributed by atoms with van der Waals surface area (Å²) in [5.74, 6) is 0.791. The van der Waals surface area contributed by atoms with Crippen LogP contribution >= 0.6 is 24.0 Å². The zero-order valence-corrected chi connectivity index (χ0v) is 20.2. The molecular formula is C25H33N5S2. The fourth-order valence-corrected chi connectivity index (χ4v) is 5.48. The molecule has 3 aliphatic rings. The Morgan fingerprint density at radius 1 is 1.09 bits per heavy atom. The van der Waals surface area contributed by atoms with Crippen molar-refractivity contribution in [2.45, 2.75) is 38.1 Å². The summed E-state index contributed by atoms with van der Waals surface area (Å²) in [5.41, 5.74) is 9.53. The van der Waals surface area contributed by atoms with Crippen molar-refractivity contribution in [2.75, 3.05) is 42.1 Å². The van der Waals surface area contributed by atoms with Crippen LogP contribution in [0.5, 0.6) is 0 Å². The molecule has 0 unspecified atom stereocenters. The van der Waals surface area contributed by atoms with E-state index in [1.807, 2.05) is 0 Å². The van der Waals surface area contributed by atoms with Gasteiger partial charge in [0.25, 0.3) is 0 Å². The number of nitrogens with two attached hydrogens (primary N) is 1. The summed E-state index contributed by atoms with van der Waals surface area (Å²) in [6.45, 7) is 4.85. The molecule has 0 aromatic heterocycles. The minimum Gasteiger partial charge on any atom is -0.378 e. The highest BCUT2D eigenvalue weighted by molar-refractivity contribution is 8.14. The number of rotatable bonds is 5. The van der Waals surface area contributed by atoms with E-state index in [0.717, 1.165) is 37.0 Å². The summed E-state index contributed by atoms with van der Waals surface area (Å²) in [7, 11) is 0. The Morgan fingerprint density at radius 3 is 2.59 bits per heavy atom. The van der Waals surface area contributed by atoms with Gasteiger partial charge in [-0.2, -0.15) is 4.99 Å². The first-order chi connectivity index (χ1) is 15.7. The molecule has 170 valence electrons. The molecule has 7 heteroatoms. The lowest BCUT2D eigenvalue weighted by Gasteiger charge is -2.37. The quantitative estimate of drug-likeness (QED) is 0.363. The molecule has 0 atom stereocenters. The second-order valence-corrected chi connectivity index (χ2v) is 9.86. The van der Waals surface area contributed by atoms with E-state index in [1.54, 1.807) is 0 Å². The van der Waals surface area contributed by atoms with Gasteiger partial charge in [-0.15, -0.1) is 0 Å². The molecule has 32 heavy (non-hydrogen) atoms. The van der Waals surface area contributed by atoms with Crippen molar-refractivity contribution >= 4 is 45.6 Å². The molecule has 2 heterocycles. The Hall–Kier alpha value is -2.09. The lowest BCUT2D eigenvalue weighted by atomic mass is 10.0. The van der Waals surface area contributed by atoms with Crippen molar-refractivity contribution in [3.63, 3.8) is 0 Å². The van der Waals surface area contributed by atoms with Crippen LogP contribution in [0.1, 0.15) is 32.1 Å². The normalized spacial score (nSPS) is 20.3. The van der Waals surface area contributed by atoms with Crippen LogP contribution in [-0.4, -0.2) is 53.2 Å². The van der Waals surface area contributed by atoms with Crippen molar-refractivity contribution in [2.24, 2.45) is 10.7 Å². The third-order valence-electron chi connectivity index (χ3n) is 6.28. The summed E-state index contributed by atoms with van der Waals surface area (Å²) in [6.07, 6.45) is 16.8. The van der Waals surface area contributed by atoms with Crippen LogP contribution < -0.4 is 16.0 Å². The molecule has 0 spiro atoms. The van der Waals surface area contributed by atoms with Crippen LogP contribution in [0.15, 0.2) is 65.2 Å². The lowest BCUT2D eigenvalue weighted by Crippen LogP contribution is -2.43. The fraction of sp³-hybridized carbons (Fsp3) is 0.440. The van der Waals surface area contributed by atoms with E-state index in [0.29, 0.717) is 10.3 Å². The van der Waals surface area contributed by atoms with Crippen LogP contribution in [0.25, 0.3) is 0 Å². The van der Waals surface area contributed by atoms with Gasteiger partial charge in [0.1, 0.15) is 0 Å². The third kappa shape index (κ3) is 6.70. The third-order valence-corrected chi connectivity index (χ3v) is 7.34. The monoisotopic (exact) mass is 467 g/mol. The first-order valence-electron chi connectivity index (χ1n) is 11.6. The Bertz CT molecular complexity index is 889. The summed E-state index contributed by atoms with van der Waals surface area (Å²) < 4.78 is 0. The lowest BCUT2D eigenvalue weighted by molar-refractivity contribution is 0.208. The minimum atomic E-state index is 0.390. The van der Waals surface area contributed by atoms with Crippen molar-refractivity contribution in [1.29, 1.82) is 0 Å². The van der Waals surface area contributed by atoms with Gasteiger partial charge >= 0.3 is 0 Å². The van der Waals surface area contributed by atoms with Gasteiger partial charge in [0, 0.05) is 36.3 Å². The molecule has 1 aromatic rings. The molecule has 2 saturated heterocycles. The average Bonchev–Trinajstić information content (AvgIpc) is 3.22. The Kier molecular flexibility index (Phi) is 8.42. The smallest absolute Gasteiger partial charge is 0.199 e. The van der Waals surface area contributed by atoms with Gasteiger partial charge in [-0.25, -0.2) is 0 Å². The van der Waals surface area contributed by atoms with Crippen molar-refractivity contribution in [3.8, 4) is 0 Å². The van der Waals surface area contributed by atoms with Gasteiger partial charge in [0.05, 0.1) is 0 Å².